The molecule has 2 rings (SSSR count). The maximum atomic E-state index is 12.1. The predicted molar refractivity (Wildman–Crippen MR) is 87.1 cm³/mol. The molecule has 0 aliphatic carbocycles. The van der Waals surface area contributed by atoms with E-state index in [4.69, 9.17) is 17.3 Å². The molecule has 0 aromatic heterocycles. The van der Waals surface area contributed by atoms with Gasteiger partial charge in [0.2, 0.25) is 5.91 Å². The average molecular weight is 303 g/mol. The van der Waals surface area contributed by atoms with Gasteiger partial charge >= 0.3 is 0 Å². The molecule has 21 heavy (non-hydrogen) atoms. The molecular weight excluding hydrogens is 284 g/mol. The Balaban J connectivity index is 1.84. The zero-order valence-electron chi connectivity index (χ0n) is 12.1. The minimum absolute atomic E-state index is 0.127. The topological polar surface area (TPSA) is 46.3 Å². The van der Waals surface area contributed by atoms with Crippen LogP contribution in [0.2, 0.25) is 5.02 Å². The molecule has 110 valence electrons. The molecule has 0 bridgehead atoms. The molecule has 0 heterocycles. The normalized spacial score (nSPS) is 10.4. The average Bonchev–Trinajstić information content (AvgIpc) is 2.48. The highest BCUT2D eigenvalue weighted by molar-refractivity contribution is 6.30. The van der Waals surface area contributed by atoms with E-state index in [0.717, 1.165) is 23.2 Å². The Morgan fingerprint density at radius 2 is 1.62 bits per heavy atom. The van der Waals surface area contributed by atoms with E-state index in [1.807, 2.05) is 55.6 Å². The first-order valence-electron chi connectivity index (χ1n) is 6.87. The van der Waals surface area contributed by atoms with Crippen LogP contribution >= 0.6 is 11.6 Å². The zero-order chi connectivity index (χ0) is 15.2. The van der Waals surface area contributed by atoms with E-state index in [9.17, 15) is 4.79 Å². The van der Waals surface area contributed by atoms with E-state index in [1.165, 1.54) is 0 Å². The Kier molecular flexibility index (Phi) is 5.23. The Labute approximate surface area is 130 Å². The first kappa shape index (κ1) is 15.4. The third-order valence-electron chi connectivity index (χ3n) is 3.37. The van der Waals surface area contributed by atoms with E-state index in [2.05, 4.69) is 0 Å². The van der Waals surface area contributed by atoms with Crippen molar-refractivity contribution in [3.63, 3.8) is 0 Å². The van der Waals surface area contributed by atoms with Crippen molar-refractivity contribution < 1.29 is 4.79 Å². The van der Waals surface area contributed by atoms with Crippen LogP contribution in [0.5, 0.6) is 0 Å². The molecule has 0 aliphatic heterocycles. The molecule has 2 aromatic carbocycles. The summed E-state index contributed by atoms with van der Waals surface area (Å²) < 4.78 is 0. The van der Waals surface area contributed by atoms with Crippen molar-refractivity contribution in [1.29, 1.82) is 0 Å². The lowest BCUT2D eigenvalue weighted by atomic mass is 10.1. The second-order valence-electron chi connectivity index (χ2n) is 5.12. The van der Waals surface area contributed by atoms with E-state index in [1.54, 1.807) is 4.90 Å². The molecule has 3 nitrogen and oxygen atoms in total. The first-order chi connectivity index (χ1) is 10.0. The van der Waals surface area contributed by atoms with E-state index in [0.29, 0.717) is 18.0 Å². The number of halogens is 1. The number of anilines is 1. The second-order valence-corrected chi connectivity index (χ2v) is 5.55. The Bertz CT molecular complexity index is 593. The van der Waals surface area contributed by atoms with Gasteiger partial charge in [-0.05, 0) is 41.8 Å². The van der Waals surface area contributed by atoms with Gasteiger partial charge in [-0.25, -0.2) is 0 Å². The molecule has 4 heteroatoms. The lowest BCUT2D eigenvalue weighted by Gasteiger charge is -2.17. The summed E-state index contributed by atoms with van der Waals surface area (Å²) in [6.07, 6.45) is 1.22. The molecule has 0 fully saturated rings. The Hall–Kier alpha value is -2.00. The molecule has 0 spiro atoms. The van der Waals surface area contributed by atoms with Crippen LogP contribution in [-0.2, 0) is 17.8 Å². The minimum atomic E-state index is 0.127. The number of aryl methyl sites for hydroxylation is 1. The zero-order valence-corrected chi connectivity index (χ0v) is 12.8. The van der Waals surface area contributed by atoms with Crippen LogP contribution in [0.15, 0.2) is 48.5 Å². The number of nitrogens with two attached hydrogens (primary N) is 1. The fraction of sp³-hybridized carbons (Fsp3) is 0.235. The molecule has 2 N–H and O–H groups in total. The van der Waals surface area contributed by atoms with Gasteiger partial charge in [0.05, 0.1) is 0 Å². The van der Waals surface area contributed by atoms with Gasteiger partial charge in [-0.15, -0.1) is 0 Å². The molecule has 0 saturated carbocycles. The molecule has 0 aliphatic rings. The number of amides is 1. The van der Waals surface area contributed by atoms with Crippen molar-refractivity contribution in [2.75, 3.05) is 12.8 Å². The smallest absolute Gasteiger partial charge is 0.222 e. The number of nitrogen functional groups attached to an aromatic ring is 1. The Morgan fingerprint density at radius 3 is 2.24 bits per heavy atom. The maximum absolute atomic E-state index is 12.1. The summed E-state index contributed by atoms with van der Waals surface area (Å²) in [5, 5.41) is 0.705. The minimum Gasteiger partial charge on any atom is -0.399 e. The van der Waals surface area contributed by atoms with E-state index >= 15 is 0 Å². The van der Waals surface area contributed by atoms with Crippen molar-refractivity contribution >= 4 is 23.2 Å². The van der Waals surface area contributed by atoms with Gasteiger partial charge in [-0.3, -0.25) is 4.79 Å². The molecule has 0 radical (unpaired) electrons. The molecule has 1 amide bonds. The number of carbonyl (C=O) groups is 1. The number of hydrogen-bond donors (Lipinski definition) is 1. The summed E-state index contributed by atoms with van der Waals surface area (Å²) in [7, 11) is 1.82. The Morgan fingerprint density at radius 1 is 1.05 bits per heavy atom. The van der Waals surface area contributed by atoms with Gasteiger partial charge in [0.15, 0.2) is 0 Å². The SMILES string of the molecule is CN(Cc1ccc(Cl)cc1)C(=O)CCc1ccc(N)cc1. The second kappa shape index (κ2) is 7.14. The van der Waals surface area contributed by atoms with Crippen LogP contribution in [0.4, 0.5) is 5.69 Å². The number of carbonyl (C=O) groups excluding carboxylic acids is 1. The maximum Gasteiger partial charge on any atom is 0.222 e. The highest BCUT2D eigenvalue weighted by Gasteiger charge is 2.09. The summed E-state index contributed by atoms with van der Waals surface area (Å²) >= 11 is 5.85. The van der Waals surface area contributed by atoms with Crippen LogP contribution in [0.1, 0.15) is 17.5 Å². The highest BCUT2D eigenvalue weighted by Crippen LogP contribution is 2.12. The number of hydrogen-bond acceptors (Lipinski definition) is 2. The van der Waals surface area contributed by atoms with Crippen LogP contribution in [0.25, 0.3) is 0 Å². The van der Waals surface area contributed by atoms with E-state index < -0.39 is 0 Å². The van der Waals surface area contributed by atoms with Crippen LogP contribution in [0, 0.1) is 0 Å². The van der Waals surface area contributed by atoms with Crippen molar-refractivity contribution in [2.24, 2.45) is 0 Å². The third-order valence-corrected chi connectivity index (χ3v) is 3.62. The lowest BCUT2D eigenvalue weighted by molar-refractivity contribution is -0.130. The quantitative estimate of drug-likeness (QED) is 0.859. The van der Waals surface area contributed by atoms with Gasteiger partial charge < -0.3 is 10.6 Å². The standard InChI is InChI=1S/C17H19ClN2O/c1-20(12-14-2-7-15(18)8-3-14)17(21)11-6-13-4-9-16(19)10-5-13/h2-5,7-10H,6,11-12,19H2,1H3. The van der Waals surface area contributed by atoms with Crippen LogP contribution in [0.3, 0.4) is 0 Å². The molecule has 0 saturated heterocycles. The predicted octanol–water partition coefficient (Wildman–Crippen LogP) is 3.51. The van der Waals surface area contributed by atoms with Gasteiger partial charge in [0.1, 0.15) is 0 Å². The van der Waals surface area contributed by atoms with Gasteiger partial charge in [0.25, 0.3) is 0 Å². The highest BCUT2D eigenvalue weighted by atomic mass is 35.5. The van der Waals surface area contributed by atoms with Gasteiger partial charge in [-0.2, -0.15) is 0 Å². The summed E-state index contributed by atoms with van der Waals surface area (Å²) in [6, 6.07) is 15.2. The largest absolute Gasteiger partial charge is 0.399 e. The van der Waals surface area contributed by atoms with Crippen molar-refractivity contribution in [3.8, 4) is 0 Å². The van der Waals surface area contributed by atoms with Gasteiger partial charge in [-0.1, -0.05) is 35.9 Å². The van der Waals surface area contributed by atoms with Crippen molar-refractivity contribution in [3.05, 3.63) is 64.7 Å². The summed E-state index contributed by atoms with van der Waals surface area (Å²) in [5.41, 5.74) is 8.58. The van der Waals surface area contributed by atoms with Crippen molar-refractivity contribution in [1.82, 2.24) is 4.90 Å². The van der Waals surface area contributed by atoms with E-state index in [-0.39, 0.29) is 5.91 Å². The number of benzene rings is 2. The monoisotopic (exact) mass is 302 g/mol. The fourth-order valence-electron chi connectivity index (χ4n) is 2.08. The molecular formula is C17H19ClN2O. The number of nitrogens with zero attached hydrogens (tertiary/aromatic N) is 1. The lowest BCUT2D eigenvalue weighted by Crippen LogP contribution is -2.26. The summed E-state index contributed by atoms with van der Waals surface area (Å²) in [6.45, 7) is 0.595. The van der Waals surface area contributed by atoms with Crippen LogP contribution in [-0.4, -0.2) is 17.9 Å². The fourth-order valence-corrected chi connectivity index (χ4v) is 2.20. The summed E-state index contributed by atoms with van der Waals surface area (Å²) in [4.78, 5) is 13.9. The molecule has 0 atom stereocenters. The molecule has 2 aromatic rings. The summed E-state index contributed by atoms with van der Waals surface area (Å²) in [5.74, 6) is 0.127. The molecule has 0 unspecified atom stereocenters. The van der Waals surface area contributed by atoms with Crippen molar-refractivity contribution in [2.45, 2.75) is 19.4 Å². The first-order valence-corrected chi connectivity index (χ1v) is 7.25. The third kappa shape index (κ3) is 4.80. The number of rotatable bonds is 5. The van der Waals surface area contributed by atoms with Gasteiger partial charge in [0, 0.05) is 30.7 Å². The van der Waals surface area contributed by atoms with Crippen LogP contribution < -0.4 is 5.73 Å².